The van der Waals surface area contributed by atoms with Crippen LogP contribution in [0.25, 0.3) is 22.3 Å². The molecule has 6 nitrogen and oxygen atoms in total. The van der Waals surface area contributed by atoms with Gasteiger partial charge in [-0.2, -0.15) is 9.78 Å². The molecule has 0 aliphatic rings. The number of aromatic nitrogens is 2. The monoisotopic (exact) mass is 575 g/mol. The predicted molar refractivity (Wildman–Crippen MR) is 159 cm³/mol. The van der Waals surface area contributed by atoms with Crippen molar-refractivity contribution in [3.63, 3.8) is 0 Å². The zero-order valence-electron chi connectivity index (χ0n) is 23.0. The Morgan fingerprint density at radius 2 is 1.82 bits per heavy atom. The lowest BCUT2D eigenvalue weighted by molar-refractivity contribution is 0.197. The van der Waals surface area contributed by atoms with Gasteiger partial charge in [0.2, 0.25) is 0 Å². The molecule has 0 atom stereocenters. The fourth-order valence-electron chi connectivity index (χ4n) is 4.14. The van der Waals surface area contributed by atoms with E-state index in [1.165, 1.54) is 4.68 Å². The fraction of sp³-hybridized carbons (Fsp3) is 0.323. The molecule has 4 rings (SSSR count). The highest BCUT2D eigenvalue weighted by molar-refractivity contribution is 9.10. The maximum Gasteiger partial charge on any atom is 0.282 e. The van der Waals surface area contributed by atoms with Crippen molar-refractivity contribution < 1.29 is 9.47 Å². The zero-order valence-corrected chi connectivity index (χ0v) is 24.6. The molecule has 7 heteroatoms. The molecule has 0 saturated heterocycles. The molecule has 0 bridgehead atoms. The summed E-state index contributed by atoms with van der Waals surface area (Å²) in [6.45, 7) is 13.1. The van der Waals surface area contributed by atoms with E-state index in [-0.39, 0.29) is 16.9 Å². The Morgan fingerprint density at radius 3 is 2.50 bits per heavy atom. The summed E-state index contributed by atoms with van der Waals surface area (Å²) in [6, 6.07) is 17.2. The fourth-order valence-corrected chi connectivity index (χ4v) is 4.52. The molecule has 0 unspecified atom stereocenters. The Bertz CT molecular complexity index is 1570. The summed E-state index contributed by atoms with van der Waals surface area (Å²) >= 11 is 3.55. The molecule has 0 aliphatic carbocycles. The maximum absolute atomic E-state index is 13.8. The lowest BCUT2D eigenvalue weighted by Gasteiger charge is -2.20. The molecule has 0 amide bonds. The summed E-state index contributed by atoms with van der Waals surface area (Å²) in [7, 11) is 1.67. The lowest BCUT2D eigenvalue weighted by Crippen LogP contribution is -2.21. The van der Waals surface area contributed by atoms with Crippen LogP contribution in [0, 0.1) is 12.3 Å². The number of fused-ring (bicyclic) bond motifs is 1. The van der Waals surface area contributed by atoms with Crippen LogP contribution in [0.2, 0.25) is 0 Å². The number of para-hydroxylation sites is 1. The first-order valence-electron chi connectivity index (χ1n) is 12.7. The van der Waals surface area contributed by atoms with Gasteiger partial charge in [0.25, 0.3) is 5.56 Å². The van der Waals surface area contributed by atoms with E-state index < -0.39 is 0 Å². The van der Waals surface area contributed by atoms with Gasteiger partial charge in [-0.15, -0.1) is 0 Å². The second kappa shape index (κ2) is 11.1. The number of halogens is 1. The molecular formula is C31H34BrN3O3. The van der Waals surface area contributed by atoms with Crippen LogP contribution in [-0.2, 0) is 0 Å². The minimum absolute atomic E-state index is 0.00608. The summed E-state index contributed by atoms with van der Waals surface area (Å²) in [5.41, 5.74) is 3.93. The van der Waals surface area contributed by atoms with Gasteiger partial charge in [-0.1, -0.05) is 62.7 Å². The molecule has 198 valence electrons. The number of benzene rings is 3. The highest BCUT2D eigenvalue weighted by Gasteiger charge is 2.19. The van der Waals surface area contributed by atoms with Gasteiger partial charge in [0.15, 0.2) is 5.82 Å². The van der Waals surface area contributed by atoms with Crippen molar-refractivity contribution in [2.75, 3.05) is 13.7 Å². The third kappa shape index (κ3) is 5.99. The molecule has 0 spiro atoms. The Hall–Kier alpha value is -3.45. The number of nitrogens with zero attached hydrogens (tertiary/aromatic N) is 3. The molecule has 1 aromatic heterocycles. The van der Waals surface area contributed by atoms with E-state index in [1.54, 1.807) is 19.4 Å². The van der Waals surface area contributed by atoms with Crippen LogP contribution in [-0.4, -0.2) is 29.6 Å². The van der Waals surface area contributed by atoms with Gasteiger partial charge in [-0.05, 0) is 71.8 Å². The molecule has 3 aromatic carbocycles. The van der Waals surface area contributed by atoms with Crippen LogP contribution >= 0.6 is 15.9 Å². The van der Waals surface area contributed by atoms with Crippen LogP contribution in [0.1, 0.15) is 57.2 Å². The standard InChI is InChI=1S/C31H34BrN3O3/c1-19(2)24-16-25(20(3)14-28(24)37-7)29-34-26-11-9-8-10-23(26)30(36)35(29)33-17-21-15-22(32)12-13-27(21)38-18-31(4,5)6/h8-17,19H,18H2,1-7H3. The Morgan fingerprint density at radius 1 is 1.08 bits per heavy atom. The summed E-state index contributed by atoms with van der Waals surface area (Å²) in [5.74, 6) is 2.20. The molecule has 0 saturated carbocycles. The highest BCUT2D eigenvalue weighted by atomic mass is 79.9. The minimum Gasteiger partial charge on any atom is -0.496 e. The summed E-state index contributed by atoms with van der Waals surface area (Å²) in [5, 5.41) is 5.19. The SMILES string of the molecule is COc1cc(C)c(-c2nc3ccccc3c(=O)n2N=Cc2cc(Br)ccc2OCC(C)(C)C)cc1C(C)C. The Labute approximate surface area is 232 Å². The van der Waals surface area contributed by atoms with Crippen LogP contribution in [0.15, 0.2) is 69.0 Å². The number of methoxy groups -OCH3 is 1. The molecule has 0 aliphatic heterocycles. The summed E-state index contributed by atoms with van der Waals surface area (Å²) in [6.07, 6.45) is 1.66. The van der Waals surface area contributed by atoms with E-state index in [1.807, 2.05) is 49.4 Å². The number of aryl methyl sites for hydroxylation is 1. The van der Waals surface area contributed by atoms with Crippen LogP contribution in [0.5, 0.6) is 11.5 Å². The van der Waals surface area contributed by atoms with Crippen LogP contribution in [0.4, 0.5) is 0 Å². The van der Waals surface area contributed by atoms with Crippen molar-refractivity contribution in [2.24, 2.45) is 10.5 Å². The maximum atomic E-state index is 13.8. The second-order valence-electron chi connectivity index (χ2n) is 10.9. The number of rotatable bonds is 7. The molecule has 0 fully saturated rings. The third-order valence-corrected chi connectivity index (χ3v) is 6.63. The topological polar surface area (TPSA) is 65.7 Å². The average molecular weight is 577 g/mol. The summed E-state index contributed by atoms with van der Waals surface area (Å²) in [4.78, 5) is 18.7. The largest absolute Gasteiger partial charge is 0.496 e. The lowest BCUT2D eigenvalue weighted by atomic mass is 9.96. The van der Waals surface area contributed by atoms with Gasteiger partial charge in [0.05, 0.1) is 30.8 Å². The second-order valence-corrected chi connectivity index (χ2v) is 11.8. The van der Waals surface area contributed by atoms with Gasteiger partial charge < -0.3 is 9.47 Å². The molecule has 0 N–H and O–H groups in total. The molecule has 4 aromatic rings. The number of hydrogen-bond donors (Lipinski definition) is 0. The molecule has 0 radical (unpaired) electrons. The van der Waals surface area contributed by atoms with Gasteiger partial charge in [-0.3, -0.25) is 4.79 Å². The number of hydrogen-bond acceptors (Lipinski definition) is 5. The molecular weight excluding hydrogens is 542 g/mol. The molecule has 38 heavy (non-hydrogen) atoms. The highest BCUT2D eigenvalue weighted by Crippen LogP contribution is 2.34. The molecule has 1 heterocycles. The van der Waals surface area contributed by atoms with Gasteiger partial charge in [0, 0.05) is 15.6 Å². The van der Waals surface area contributed by atoms with Crippen molar-refractivity contribution >= 4 is 33.0 Å². The minimum atomic E-state index is -0.240. The van der Waals surface area contributed by atoms with E-state index in [2.05, 4.69) is 56.6 Å². The number of ether oxygens (including phenoxy) is 2. The van der Waals surface area contributed by atoms with E-state index in [4.69, 9.17) is 19.6 Å². The average Bonchev–Trinajstić information content (AvgIpc) is 2.86. The normalized spacial score (nSPS) is 12.0. The van der Waals surface area contributed by atoms with Crippen molar-refractivity contribution in [1.29, 1.82) is 0 Å². The first-order valence-corrected chi connectivity index (χ1v) is 13.4. The first kappa shape index (κ1) is 27.6. The van der Waals surface area contributed by atoms with E-state index in [9.17, 15) is 4.79 Å². The Kier molecular flexibility index (Phi) is 8.07. The first-order chi connectivity index (χ1) is 18.0. The Balaban J connectivity index is 1.93. The van der Waals surface area contributed by atoms with E-state index in [0.717, 1.165) is 32.5 Å². The van der Waals surface area contributed by atoms with E-state index in [0.29, 0.717) is 29.1 Å². The van der Waals surface area contributed by atoms with Crippen molar-refractivity contribution in [3.05, 3.63) is 86.1 Å². The van der Waals surface area contributed by atoms with Crippen molar-refractivity contribution in [2.45, 2.75) is 47.5 Å². The van der Waals surface area contributed by atoms with Crippen LogP contribution in [0.3, 0.4) is 0 Å². The van der Waals surface area contributed by atoms with E-state index >= 15 is 0 Å². The van der Waals surface area contributed by atoms with Gasteiger partial charge >= 0.3 is 0 Å². The van der Waals surface area contributed by atoms with Crippen molar-refractivity contribution in [1.82, 2.24) is 9.66 Å². The predicted octanol–water partition coefficient (Wildman–Crippen LogP) is 7.57. The zero-order chi connectivity index (χ0) is 27.6. The summed E-state index contributed by atoms with van der Waals surface area (Å²) < 4.78 is 14.0. The third-order valence-electron chi connectivity index (χ3n) is 6.14. The van der Waals surface area contributed by atoms with Gasteiger partial charge in [0.1, 0.15) is 11.5 Å². The van der Waals surface area contributed by atoms with Gasteiger partial charge in [-0.25, -0.2) is 4.98 Å². The smallest absolute Gasteiger partial charge is 0.282 e. The van der Waals surface area contributed by atoms with Crippen LogP contribution < -0.4 is 15.0 Å². The quantitative estimate of drug-likeness (QED) is 0.213. The van der Waals surface area contributed by atoms with Crippen molar-refractivity contribution in [3.8, 4) is 22.9 Å².